The summed E-state index contributed by atoms with van der Waals surface area (Å²) in [4.78, 5) is 11.7. The Balaban J connectivity index is 1.48. The number of ether oxygens (including phenoxy) is 1. The lowest BCUT2D eigenvalue weighted by molar-refractivity contribution is 0.0600. The summed E-state index contributed by atoms with van der Waals surface area (Å²) in [7, 11) is 1.31. The minimum Gasteiger partial charge on any atom is -0.465 e. The van der Waals surface area contributed by atoms with Crippen molar-refractivity contribution in [2.75, 3.05) is 7.11 Å². The van der Waals surface area contributed by atoms with Crippen molar-refractivity contribution in [2.24, 2.45) is 0 Å². The number of halogens is 1. The quantitative estimate of drug-likeness (QED) is 0.518. The molecule has 156 valence electrons. The van der Waals surface area contributed by atoms with Crippen molar-refractivity contribution in [1.29, 1.82) is 0 Å². The first-order valence-electron chi connectivity index (χ1n) is 10.7. The number of nitrogens with one attached hydrogen (secondary N) is 1. The summed E-state index contributed by atoms with van der Waals surface area (Å²) in [5, 5.41) is 6.31. The average molecular weight is 406 g/mol. The van der Waals surface area contributed by atoms with E-state index in [0.29, 0.717) is 11.6 Å². The highest BCUT2D eigenvalue weighted by Crippen LogP contribution is 2.36. The summed E-state index contributed by atoms with van der Waals surface area (Å²) in [6, 6.07) is 20.2. The maximum Gasteiger partial charge on any atom is 0.337 e. The molecule has 1 N–H and O–H groups in total. The van der Waals surface area contributed by atoms with Crippen LogP contribution in [0.1, 0.15) is 66.1 Å². The SMILES string of the molecule is COC(=O)c1ccc(C2CCCC(NC(C)c3cccc4ccccc34)C2)c(F)c1. The van der Waals surface area contributed by atoms with E-state index in [1.807, 2.05) is 0 Å². The van der Waals surface area contributed by atoms with Gasteiger partial charge in [-0.05, 0) is 66.1 Å². The average Bonchev–Trinajstić information content (AvgIpc) is 2.78. The largest absolute Gasteiger partial charge is 0.465 e. The van der Waals surface area contributed by atoms with Crippen molar-refractivity contribution >= 4 is 16.7 Å². The minimum absolute atomic E-state index is 0.155. The van der Waals surface area contributed by atoms with Gasteiger partial charge in [-0.3, -0.25) is 0 Å². The smallest absolute Gasteiger partial charge is 0.337 e. The van der Waals surface area contributed by atoms with Gasteiger partial charge in [0.15, 0.2) is 0 Å². The highest BCUT2D eigenvalue weighted by atomic mass is 19.1. The fourth-order valence-corrected chi connectivity index (χ4v) is 4.80. The Morgan fingerprint density at radius 3 is 2.70 bits per heavy atom. The lowest BCUT2D eigenvalue weighted by atomic mass is 9.80. The third kappa shape index (κ3) is 4.24. The molecule has 1 aliphatic carbocycles. The molecule has 0 amide bonds. The summed E-state index contributed by atoms with van der Waals surface area (Å²) < 4.78 is 19.4. The van der Waals surface area contributed by atoms with Crippen LogP contribution < -0.4 is 5.32 Å². The first kappa shape index (κ1) is 20.5. The van der Waals surface area contributed by atoms with Gasteiger partial charge in [0.2, 0.25) is 0 Å². The van der Waals surface area contributed by atoms with Crippen molar-refractivity contribution in [3.05, 3.63) is 83.2 Å². The van der Waals surface area contributed by atoms with Gasteiger partial charge in [-0.25, -0.2) is 9.18 Å². The number of carbonyl (C=O) groups is 1. The summed E-state index contributed by atoms with van der Waals surface area (Å²) >= 11 is 0. The highest BCUT2D eigenvalue weighted by Gasteiger charge is 2.27. The molecule has 3 unspecified atom stereocenters. The second-order valence-electron chi connectivity index (χ2n) is 8.25. The van der Waals surface area contributed by atoms with Crippen LogP contribution in [0.2, 0.25) is 0 Å². The van der Waals surface area contributed by atoms with Crippen LogP contribution in [-0.2, 0) is 4.74 Å². The van der Waals surface area contributed by atoms with E-state index in [1.54, 1.807) is 12.1 Å². The van der Waals surface area contributed by atoms with Crippen molar-refractivity contribution in [1.82, 2.24) is 5.32 Å². The predicted octanol–water partition coefficient (Wildman–Crippen LogP) is 6.14. The lowest BCUT2D eigenvalue weighted by Crippen LogP contribution is -2.35. The molecule has 3 nitrogen and oxygen atoms in total. The molecule has 1 fully saturated rings. The zero-order chi connectivity index (χ0) is 21.1. The second kappa shape index (κ2) is 8.97. The molecule has 1 aliphatic rings. The zero-order valence-electron chi connectivity index (χ0n) is 17.5. The molecule has 3 aromatic rings. The summed E-state index contributed by atoms with van der Waals surface area (Å²) in [5.74, 6) is -0.666. The maximum absolute atomic E-state index is 14.7. The van der Waals surface area contributed by atoms with Crippen LogP contribution in [0.15, 0.2) is 60.7 Å². The number of esters is 1. The van der Waals surface area contributed by atoms with Gasteiger partial charge in [0.25, 0.3) is 0 Å². The molecule has 30 heavy (non-hydrogen) atoms. The molecule has 0 spiro atoms. The van der Waals surface area contributed by atoms with Crippen LogP contribution >= 0.6 is 0 Å². The topological polar surface area (TPSA) is 38.3 Å². The third-order valence-electron chi connectivity index (χ3n) is 6.31. The zero-order valence-corrected chi connectivity index (χ0v) is 17.5. The number of hydrogen-bond acceptors (Lipinski definition) is 3. The van der Waals surface area contributed by atoms with Crippen LogP contribution in [0.3, 0.4) is 0 Å². The number of benzene rings is 3. The molecule has 4 heteroatoms. The van der Waals surface area contributed by atoms with Gasteiger partial charge in [0.1, 0.15) is 5.82 Å². The van der Waals surface area contributed by atoms with E-state index >= 15 is 0 Å². The maximum atomic E-state index is 14.7. The normalized spacial score (nSPS) is 20.1. The molecule has 3 aromatic carbocycles. The minimum atomic E-state index is -0.507. The van der Waals surface area contributed by atoms with E-state index < -0.39 is 5.97 Å². The predicted molar refractivity (Wildman–Crippen MR) is 118 cm³/mol. The number of rotatable bonds is 5. The van der Waals surface area contributed by atoms with Gasteiger partial charge in [-0.1, -0.05) is 55.0 Å². The van der Waals surface area contributed by atoms with Gasteiger partial charge in [-0.2, -0.15) is 0 Å². The summed E-state index contributed by atoms with van der Waals surface area (Å²) in [6.45, 7) is 2.21. The Kier molecular flexibility index (Phi) is 6.14. The Bertz CT molecular complexity index is 1040. The fourth-order valence-electron chi connectivity index (χ4n) is 4.80. The molecule has 0 bridgehead atoms. The fraction of sp³-hybridized carbons (Fsp3) is 0.346. The van der Waals surface area contributed by atoms with Crippen LogP contribution in [-0.4, -0.2) is 19.1 Å². The molecule has 0 radical (unpaired) electrons. The molecule has 0 saturated heterocycles. The van der Waals surface area contributed by atoms with Crippen molar-refractivity contribution in [3.63, 3.8) is 0 Å². The first-order valence-corrected chi connectivity index (χ1v) is 10.7. The summed E-state index contributed by atoms with van der Waals surface area (Å²) in [5.41, 5.74) is 2.25. The molecular formula is C26H28FNO2. The van der Waals surface area contributed by atoms with Gasteiger partial charge in [0.05, 0.1) is 12.7 Å². The van der Waals surface area contributed by atoms with Gasteiger partial charge < -0.3 is 10.1 Å². The van der Waals surface area contributed by atoms with Gasteiger partial charge in [0, 0.05) is 12.1 Å². The Morgan fingerprint density at radius 1 is 1.10 bits per heavy atom. The molecule has 0 heterocycles. The first-order chi connectivity index (χ1) is 14.6. The number of carbonyl (C=O) groups excluding carboxylic acids is 1. The molecule has 1 saturated carbocycles. The van der Waals surface area contributed by atoms with Crippen molar-refractivity contribution in [2.45, 2.75) is 50.6 Å². The molecule has 0 aliphatic heterocycles. The summed E-state index contributed by atoms with van der Waals surface area (Å²) in [6.07, 6.45) is 4.01. The third-order valence-corrected chi connectivity index (χ3v) is 6.31. The second-order valence-corrected chi connectivity index (χ2v) is 8.25. The number of hydrogen-bond donors (Lipinski definition) is 1. The van der Waals surface area contributed by atoms with Crippen LogP contribution in [0, 0.1) is 5.82 Å². The van der Waals surface area contributed by atoms with Gasteiger partial charge >= 0.3 is 5.97 Å². The van der Waals surface area contributed by atoms with E-state index in [2.05, 4.69) is 54.7 Å². The highest BCUT2D eigenvalue weighted by molar-refractivity contribution is 5.89. The van der Waals surface area contributed by atoms with Crippen molar-refractivity contribution < 1.29 is 13.9 Å². The van der Waals surface area contributed by atoms with E-state index in [-0.39, 0.29) is 23.3 Å². The molecular weight excluding hydrogens is 377 g/mol. The lowest BCUT2D eigenvalue weighted by Gasteiger charge is -2.33. The molecule has 4 rings (SSSR count). The Hall–Kier alpha value is -2.72. The van der Waals surface area contributed by atoms with Crippen LogP contribution in [0.5, 0.6) is 0 Å². The van der Waals surface area contributed by atoms with Gasteiger partial charge in [-0.15, -0.1) is 0 Å². The van der Waals surface area contributed by atoms with Crippen LogP contribution in [0.25, 0.3) is 10.8 Å². The monoisotopic (exact) mass is 405 g/mol. The van der Waals surface area contributed by atoms with E-state index in [0.717, 1.165) is 25.7 Å². The van der Waals surface area contributed by atoms with Crippen LogP contribution in [0.4, 0.5) is 4.39 Å². The van der Waals surface area contributed by atoms with E-state index in [4.69, 9.17) is 4.74 Å². The molecule has 3 atom stereocenters. The van der Waals surface area contributed by atoms with Crippen molar-refractivity contribution in [3.8, 4) is 0 Å². The number of fused-ring (bicyclic) bond motifs is 1. The Labute approximate surface area is 177 Å². The van der Waals surface area contributed by atoms with E-state index in [1.165, 1.54) is 29.5 Å². The Morgan fingerprint density at radius 2 is 1.90 bits per heavy atom. The standard InChI is InChI=1S/C26H28FNO2/c1-17(22-12-6-8-18-7-3-4-11-23(18)22)28-21-10-5-9-19(15-21)24-14-13-20(16-25(24)27)26(29)30-2/h3-4,6-8,11-14,16-17,19,21,28H,5,9-10,15H2,1-2H3. The van der Waals surface area contributed by atoms with E-state index in [9.17, 15) is 9.18 Å². The molecule has 0 aromatic heterocycles. The number of methoxy groups -OCH3 is 1.